The first-order valence-corrected chi connectivity index (χ1v) is 4.83. The van der Waals surface area contributed by atoms with E-state index in [0.29, 0.717) is 0 Å². The van der Waals surface area contributed by atoms with Gasteiger partial charge in [-0.05, 0) is 30.6 Å². The molecule has 0 aromatic rings. The first kappa shape index (κ1) is 8.39. The molecule has 1 aliphatic carbocycles. The number of hydrogen-bond donors (Lipinski definition) is 0. The average Bonchev–Trinajstić information content (AvgIpc) is 1.88. The Morgan fingerprint density at radius 3 is 2.50 bits per heavy atom. The minimum atomic E-state index is 0.804. The highest BCUT2D eigenvalue weighted by atomic mass is 35.5. The molecule has 1 fully saturated rings. The number of rotatable bonds is 1. The molecule has 0 aromatic carbocycles. The van der Waals surface area contributed by atoms with Crippen molar-refractivity contribution in [2.75, 3.05) is 5.88 Å². The van der Waals surface area contributed by atoms with Gasteiger partial charge in [-0.25, -0.2) is 0 Å². The van der Waals surface area contributed by atoms with Crippen molar-refractivity contribution in [3.8, 4) is 0 Å². The van der Waals surface area contributed by atoms with E-state index in [9.17, 15) is 0 Å². The maximum atomic E-state index is 5.82. The van der Waals surface area contributed by atoms with Gasteiger partial charge in [-0.15, -0.1) is 11.6 Å². The van der Waals surface area contributed by atoms with Crippen molar-refractivity contribution in [1.82, 2.24) is 0 Å². The molecule has 0 radical (unpaired) electrons. The molecule has 0 aliphatic heterocycles. The van der Waals surface area contributed by atoms with Crippen LogP contribution in [0.3, 0.4) is 0 Å². The van der Waals surface area contributed by atoms with E-state index < -0.39 is 0 Å². The van der Waals surface area contributed by atoms with E-state index in [1.807, 2.05) is 0 Å². The molecule has 3 atom stereocenters. The van der Waals surface area contributed by atoms with Gasteiger partial charge in [0.15, 0.2) is 0 Å². The summed E-state index contributed by atoms with van der Waals surface area (Å²) in [5, 5.41) is 0. The van der Waals surface area contributed by atoms with Crippen molar-refractivity contribution >= 4 is 11.6 Å². The van der Waals surface area contributed by atoms with Crippen molar-refractivity contribution < 1.29 is 0 Å². The van der Waals surface area contributed by atoms with E-state index in [1.165, 1.54) is 19.3 Å². The highest BCUT2D eigenvalue weighted by molar-refractivity contribution is 6.18. The summed E-state index contributed by atoms with van der Waals surface area (Å²) in [5.74, 6) is 3.47. The fraction of sp³-hybridized carbons (Fsp3) is 1.00. The summed E-state index contributed by atoms with van der Waals surface area (Å²) in [6, 6.07) is 0. The van der Waals surface area contributed by atoms with Crippen LogP contribution in [-0.4, -0.2) is 5.88 Å². The molecule has 10 heavy (non-hydrogen) atoms. The predicted octanol–water partition coefficient (Wildman–Crippen LogP) is 3.30. The Labute approximate surface area is 69.0 Å². The molecule has 0 bridgehead atoms. The molecule has 1 heteroatoms. The van der Waals surface area contributed by atoms with Gasteiger partial charge >= 0.3 is 0 Å². The van der Waals surface area contributed by atoms with Gasteiger partial charge in [0.05, 0.1) is 0 Å². The van der Waals surface area contributed by atoms with Crippen LogP contribution >= 0.6 is 11.6 Å². The smallest absolute Gasteiger partial charge is 0.0254 e. The molecule has 0 nitrogen and oxygen atoms in total. The van der Waals surface area contributed by atoms with Gasteiger partial charge in [0.1, 0.15) is 0 Å². The highest BCUT2D eigenvalue weighted by Crippen LogP contribution is 2.33. The molecular weight excluding hydrogens is 144 g/mol. The van der Waals surface area contributed by atoms with E-state index in [0.717, 1.165) is 23.6 Å². The van der Waals surface area contributed by atoms with Crippen molar-refractivity contribution in [1.29, 1.82) is 0 Å². The summed E-state index contributed by atoms with van der Waals surface area (Å²) in [6.07, 6.45) is 4.13. The molecule has 0 amide bonds. The van der Waals surface area contributed by atoms with Crippen molar-refractivity contribution in [3.05, 3.63) is 0 Å². The predicted molar refractivity (Wildman–Crippen MR) is 46.4 cm³/mol. The van der Waals surface area contributed by atoms with Crippen LogP contribution in [0.5, 0.6) is 0 Å². The fourth-order valence-corrected chi connectivity index (χ4v) is 2.42. The van der Waals surface area contributed by atoms with Crippen LogP contribution < -0.4 is 0 Å². The fourth-order valence-electron chi connectivity index (χ4n) is 1.96. The molecule has 1 aliphatic rings. The number of halogens is 1. The Hall–Kier alpha value is 0.290. The second-order valence-electron chi connectivity index (χ2n) is 3.81. The summed E-state index contributed by atoms with van der Waals surface area (Å²) in [7, 11) is 0. The molecule has 0 aromatic heterocycles. The highest BCUT2D eigenvalue weighted by Gasteiger charge is 2.23. The quantitative estimate of drug-likeness (QED) is 0.517. The summed E-state index contributed by atoms with van der Waals surface area (Å²) >= 11 is 5.82. The van der Waals surface area contributed by atoms with Gasteiger partial charge < -0.3 is 0 Å². The summed E-state index contributed by atoms with van der Waals surface area (Å²) < 4.78 is 0. The largest absolute Gasteiger partial charge is 0.126 e. The molecule has 60 valence electrons. The van der Waals surface area contributed by atoms with Gasteiger partial charge in [0, 0.05) is 5.88 Å². The zero-order valence-electron chi connectivity index (χ0n) is 6.94. The molecule has 0 heterocycles. The lowest BCUT2D eigenvalue weighted by molar-refractivity contribution is 0.223. The molecule has 0 saturated heterocycles. The lowest BCUT2D eigenvalue weighted by Crippen LogP contribution is -2.22. The van der Waals surface area contributed by atoms with Crippen LogP contribution in [0.2, 0.25) is 0 Å². The molecule has 0 N–H and O–H groups in total. The number of alkyl halides is 1. The van der Waals surface area contributed by atoms with Crippen LogP contribution in [0.1, 0.15) is 33.1 Å². The Morgan fingerprint density at radius 1 is 1.30 bits per heavy atom. The van der Waals surface area contributed by atoms with Gasteiger partial charge in [-0.3, -0.25) is 0 Å². The maximum Gasteiger partial charge on any atom is 0.0254 e. The molecular formula is C9H17Cl. The minimum absolute atomic E-state index is 0.804. The van der Waals surface area contributed by atoms with Gasteiger partial charge in [-0.1, -0.05) is 20.3 Å². The van der Waals surface area contributed by atoms with Crippen molar-refractivity contribution in [3.63, 3.8) is 0 Å². The lowest BCUT2D eigenvalue weighted by Gasteiger charge is -2.31. The third kappa shape index (κ3) is 1.88. The molecule has 3 unspecified atom stereocenters. The van der Waals surface area contributed by atoms with Gasteiger partial charge in [0.2, 0.25) is 0 Å². The van der Waals surface area contributed by atoms with Crippen molar-refractivity contribution in [2.24, 2.45) is 17.8 Å². The average molecular weight is 161 g/mol. The van der Waals surface area contributed by atoms with Crippen LogP contribution in [0.4, 0.5) is 0 Å². The zero-order valence-corrected chi connectivity index (χ0v) is 7.69. The summed E-state index contributed by atoms with van der Waals surface area (Å²) in [6.45, 7) is 4.68. The normalized spacial score (nSPS) is 41.7. The minimum Gasteiger partial charge on any atom is -0.126 e. The Kier molecular flexibility index (Phi) is 3.03. The van der Waals surface area contributed by atoms with Crippen LogP contribution in [0.25, 0.3) is 0 Å². The molecule has 0 spiro atoms. The first-order chi connectivity index (χ1) is 4.74. The van der Waals surface area contributed by atoms with E-state index in [-0.39, 0.29) is 0 Å². The topological polar surface area (TPSA) is 0 Å². The van der Waals surface area contributed by atoms with E-state index in [1.54, 1.807) is 0 Å². The maximum absolute atomic E-state index is 5.82. The van der Waals surface area contributed by atoms with Crippen molar-refractivity contribution in [2.45, 2.75) is 33.1 Å². The Balaban J connectivity index is 2.36. The van der Waals surface area contributed by atoms with E-state index in [2.05, 4.69) is 13.8 Å². The zero-order chi connectivity index (χ0) is 7.56. The first-order valence-electron chi connectivity index (χ1n) is 4.30. The van der Waals surface area contributed by atoms with E-state index >= 15 is 0 Å². The van der Waals surface area contributed by atoms with Crippen LogP contribution in [-0.2, 0) is 0 Å². The number of hydrogen-bond acceptors (Lipinski definition) is 0. The SMILES string of the molecule is CC1CCC(CCl)C(C)C1. The molecule has 1 rings (SSSR count). The third-order valence-corrected chi connectivity index (χ3v) is 3.20. The standard InChI is InChI=1S/C9H17Cl/c1-7-3-4-9(6-10)8(2)5-7/h7-9H,3-6H2,1-2H3. The second-order valence-corrected chi connectivity index (χ2v) is 4.12. The Bertz CT molecular complexity index is 101. The van der Waals surface area contributed by atoms with E-state index in [4.69, 9.17) is 11.6 Å². The monoisotopic (exact) mass is 160 g/mol. The lowest BCUT2D eigenvalue weighted by atomic mass is 9.76. The van der Waals surface area contributed by atoms with Gasteiger partial charge in [-0.2, -0.15) is 0 Å². The summed E-state index contributed by atoms with van der Waals surface area (Å²) in [4.78, 5) is 0. The van der Waals surface area contributed by atoms with Crippen LogP contribution in [0.15, 0.2) is 0 Å². The van der Waals surface area contributed by atoms with Crippen LogP contribution in [0, 0.1) is 17.8 Å². The van der Waals surface area contributed by atoms with Gasteiger partial charge in [0.25, 0.3) is 0 Å². The Morgan fingerprint density at radius 2 is 2.00 bits per heavy atom. The second kappa shape index (κ2) is 3.61. The third-order valence-electron chi connectivity index (χ3n) is 2.81. The summed E-state index contributed by atoms with van der Waals surface area (Å²) in [5.41, 5.74) is 0. The molecule has 1 saturated carbocycles.